The molecule has 0 atom stereocenters. The van der Waals surface area contributed by atoms with Crippen molar-refractivity contribution in [3.05, 3.63) is 53.6 Å². The molecule has 0 bridgehead atoms. The van der Waals surface area contributed by atoms with Gasteiger partial charge in [0.1, 0.15) is 6.29 Å². The van der Waals surface area contributed by atoms with Crippen molar-refractivity contribution in [2.24, 2.45) is 0 Å². The van der Waals surface area contributed by atoms with Crippen molar-refractivity contribution in [2.45, 2.75) is 6.92 Å². The first-order valence-electron chi connectivity index (χ1n) is 5.12. The standard InChI is InChI=1S/C14H13NO/c1-10-2-7-14(15)13(8-10)12-5-3-11(9-16)4-6-12/h2-9H,15H2,1H3. The summed E-state index contributed by atoms with van der Waals surface area (Å²) in [6.45, 7) is 2.03. The molecule has 80 valence electrons. The average Bonchev–Trinajstić information content (AvgIpc) is 2.32. The normalized spacial score (nSPS) is 10.1. The van der Waals surface area contributed by atoms with Crippen molar-refractivity contribution in [1.82, 2.24) is 0 Å². The summed E-state index contributed by atoms with van der Waals surface area (Å²) >= 11 is 0. The van der Waals surface area contributed by atoms with Gasteiger partial charge in [0, 0.05) is 16.8 Å². The van der Waals surface area contributed by atoms with Crippen molar-refractivity contribution in [1.29, 1.82) is 0 Å². The Hall–Kier alpha value is -2.09. The quantitative estimate of drug-likeness (QED) is 0.612. The third-order valence-corrected chi connectivity index (χ3v) is 2.57. The van der Waals surface area contributed by atoms with E-state index < -0.39 is 0 Å². The van der Waals surface area contributed by atoms with E-state index in [0.717, 1.165) is 23.1 Å². The summed E-state index contributed by atoms with van der Waals surface area (Å²) in [4.78, 5) is 10.6. The molecule has 2 aromatic carbocycles. The Bertz CT molecular complexity index is 515. The first kappa shape index (κ1) is 10.4. The number of carbonyl (C=O) groups excluding carboxylic acids is 1. The zero-order chi connectivity index (χ0) is 11.5. The molecule has 0 unspecified atom stereocenters. The SMILES string of the molecule is Cc1ccc(N)c(-c2ccc(C=O)cc2)c1. The van der Waals surface area contributed by atoms with Gasteiger partial charge in [-0.05, 0) is 24.6 Å². The van der Waals surface area contributed by atoms with Crippen LogP contribution in [0.3, 0.4) is 0 Å². The second-order valence-electron chi connectivity index (χ2n) is 3.83. The summed E-state index contributed by atoms with van der Waals surface area (Å²) in [5, 5.41) is 0. The van der Waals surface area contributed by atoms with Crippen molar-refractivity contribution in [3.63, 3.8) is 0 Å². The fourth-order valence-corrected chi connectivity index (χ4v) is 1.66. The first-order chi connectivity index (χ1) is 7.70. The highest BCUT2D eigenvalue weighted by molar-refractivity contribution is 5.80. The molecule has 0 heterocycles. The number of nitrogens with two attached hydrogens (primary N) is 1. The Labute approximate surface area is 94.7 Å². The second kappa shape index (κ2) is 4.19. The van der Waals surface area contributed by atoms with E-state index >= 15 is 0 Å². The largest absolute Gasteiger partial charge is 0.398 e. The molecule has 0 fully saturated rings. The van der Waals surface area contributed by atoms with E-state index in [1.807, 2.05) is 37.3 Å². The van der Waals surface area contributed by atoms with Gasteiger partial charge in [-0.25, -0.2) is 0 Å². The number of benzene rings is 2. The molecule has 0 radical (unpaired) electrons. The second-order valence-corrected chi connectivity index (χ2v) is 3.83. The van der Waals surface area contributed by atoms with Gasteiger partial charge < -0.3 is 5.73 Å². The fraction of sp³-hybridized carbons (Fsp3) is 0.0714. The van der Waals surface area contributed by atoms with Crippen molar-refractivity contribution < 1.29 is 4.79 Å². The number of aldehydes is 1. The van der Waals surface area contributed by atoms with Crippen LogP contribution in [0.4, 0.5) is 5.69 Å². The topological polar surface area (TPSA) is 43.1 Å². The summed E-state index contributed by atoms with van der Waals surface area (Å²) in [6, 6.07) is 13.3. The lowest BCUT2D eigenvalue weighted by atomic mass is 10.0. The third kappa shape index (κ3) is 1.96. The van der Waals surface area contributed by atoms with Crippen LogP contribution in [0.15, 0.2) is 42.5 Å². The van der Waals surface area contributed by atoms with Crippen LogP contribution in [-0.4, -0.2) is 6.29 Å². The summed E-state index contributed by atoms with van der Waals surface area (Å²) in [6.07, 6.45) is 0.837. The smallest absolute Gasteiger partial charge is 0.150 e. The van der Waals surface area contributed by atoms with Gasteiger partial charge in [0.15, 0.2) is 0 Å². The number of aryl methyl sites for hydroxylation is 1. The maximum Gasteiger partial charge on any atom is 0.150 e. The van der Waals surface area contributed by atoms with E-state index in [1.54, 1.807) is 12.1 Å². The lowest BCUT2D eigenvalue weighted by Crippen LogP contribution is -1.91. The van der Waals surface area contributed by atoms with E-state index in [2.05, 4.69) is 0 Å². The maximum atomic E-state index is 10.6. The number of carbonyl (C=O) groups is 1. The van der Waals surface area contributed by atoms with Crippen LogP contribution in [0.1, 0.15) is 15.9 Å². The summed E-state index contributed by atoms with van der Waals surface area (Å²) in [5.74, 6) is 0. The molecule has 2 rings (SSSR count). The van der Waals surface area contributed by atoms with Crippen LogP contribution in [0.5, 0.6) is 0 Å². The van der Waals surface area contributed by atoms with E-state index in [-0.39, 0.29) is 0 Å². The van der Waals surface area contributed by atoms with Crippen LogP contribution in [0.2, 0.25) is 0 Å². The predicted octanol–water partition coefficient (Wildman–Crippen LogP) is 3.06. The van der Waals surface area contributed by atoms with E-state index in [9.17, 15) is 4.79 Å². The minimum atomic E-state index is 0.676. The lowest BCUT2D eigenvalue weighted by Gasteiger charge is -2.07. The van der Waals surface area contributed by atoms with Crippen molar-refractivity contribution in [3.8, 4) is 11.1 Å². The van der Waals surface area contributed by atoms with Gasteiger partial charge in [0.2, 0.25) is 0 Å². The van der Waals surface area contributed by atoms with Gasteiger partial charge in [-0.1, -0.05) is 35.9 Å². The molecule has 0 aliphatic carbocycles. The van der Waals surface area contributed by atoms with Gasteiger partial charge in [-0.2, -0.15) is 0 Å². The van der Waals surface area contributed by atoms with Gasteiger partial charge in [0.25, 0.3) is 0 Å². The van der Waals surface area contributed by atoms with Crippen LogP contribution in [-0.2, 0) is 0 Å². The van der Waals surface area contributed by atoms with Crippen molar-refractivity contribution in [2.75, 3.05) is 5.73 Å². The zero-order valence-electron chi connectivity index (χ0n) is 9.10. The first-order valence-corrected chi connectivity index (χ1v) is 5.12. The fourth-order valence-electron chi connectivity index (χ4n) is 1.66. The van der Waals surface area contributed by atoms with Gasteiger partial charge in [0.05, 0.1) is 0 Å². The van der Waals surface area contributed by atoms with E-state index in [1.165, 1.54) is 5.56 Å². The predicted molar refractivity (Wildman–Crippen MR) is 66.4 cm³/mol. The average molecular weight is 211 g/mol. The molecule has 0 saturated heterocycles. The minimum absolute atomic E-state index is 0.676. The molecule has 2 heteroatoms. The van der Waals surface area contributed by atoms with Crippen LogP contribution >= 0.6 is 0 Å². The molecular formula is C14H13NO. The number of hydrogen-bond donors (Lipinski definition) is 1. The number of hydrogen-bond acceptors (Lipinski definition) is 2. The van der Waals surface area contributed by atoms with Crippen molar-refractivity contribution >= 4 is 12.0 Å². The van der Waals surface area contributed by atoms with E-state index in [0.29, 0.717) is 5.56 Å². The molecule has 16 heavy (non-hydrogen) atoms. The number of rotatable bonds is 2. The summed E-state index contributed by atoms with van der Waals surface area (Å²) in [5.41, 5.74) is 10.6. The minimum Gasteiger partial charge on any atom is -0.398 e. The molecule has 0 saturated carbocycles. The van der Waals surface area contributed by atoms with E-state index in [4.69, 9.17) is 5.73 Å². The zero-order valence-corrected chi connectivity index (χ0v) is 9.10. The molecule has 0 amide bonds. The lowest BCUT2D eigenvalue weighted by molar-refractivity contribution is 0.112. The highest BCUT2D eigenvalue weighted by atomic mass is 16.1. The molecule has 2 N–H and O–H groups in total. The van der Waals surface area contributed by atoms with Gasteiger partial charge >= 0.3 is 0 Å². The van der Waals surface area contributed by atoms with Crippen LogP contribution in [0, 0.1) is 6.92 Å². The number of nitrogen functional groups attached to an aromatic ring is 1. The Kier molecular flexibility index (Phi) is 2.73. The Balaban J connectivity index is 2.49. The molecule has 0 aliphatic heterocycles. The molecule has 0 aromatic heterocycles. The molecule has 2 aromatic rings. The Morgan fingerprint density at radius 3 is 2.38 bits per heavy atom. The monoisotopic (exact) mass is 211 g/mol. The van der Waals surface area contributed by atoms with Gasteiger partial charge in [-0.3, -0.25) is 4.79 Å². The Morgan fingerprint density at radius 2 is 1.75 bits per heavy atom. The molecule has 0 spiro atoms. The highest BCUT2D eigenvalue weighted by Gasteiger charge is 2.02. The summed E-state index contributed by atoms with van der Waals surface area (Å²) < 4.78 is 0. The van der Waals surface area contributed by atoms with Gasteiger partial charge in [-0.15, -0.1) is 0 Å². The Morgan fingerprint density at radius 1 is 1.06 bits per heavy atom. The van der Waals surface area contributed by atoms with Crippen LogP contribution in [0.25, 0.3) is 11.1 Å². The van der Waals surface area contributed by atoms with Crippen LogP contribution < -0.4 is 5.73 Å². The third-order valence-electron chi connectivity index (χ3n) is 2.57. The number of anilines is 1. The molecule has 0 aliphatic rings. The highest BCUT2D eigenvalue weighted by Crippen LogP contribution is 2.26. The summed E-state index contributed by atoms with van der Waals surface area (Å²) in [7, 11) is 0. The molecular weight excluding hydrogens is 198 g/mol. The molecule has 2 nitrogen and oxygen atoms in total. The maximum absolute atomic E-state index is 10.6.